The number of fused-ring (bicyclic) bond motifs is 1. The summed E-state index contributed by atoms with van der Waals surface area (Å²) >= 11 is 0. The van der Waals surface area contributed by atoms with Gasteiger partial charge in [0.25, 0.3) is 0 Å². The number of piperidine rings is 1. The molecular weight excluding hydrogens is 440 g/mol. The first kappa shape index (κ1) is 20.6. The predicted molar refractivity (Wildman–Crippen MR) is 122 cm³/mol. The molecule has 6 rings (SSSR count). The quantitative estimate of drug-likeness (QED) is 0.565. The summed E-state index contributed by atoms with van der Waals surface area (Å²) in [5.41, 5.74) is 4.26. The van der Waals surface area contributed by atoms with Crippen LogP contribution in [0.1, 0.15) is 42.7 Å². The van der Waals surface area contributed by atoms with Gasteiger partial charge >= 0.3 is 0 Å². The number of aromatic nitrogens is 4. The van der Waals surface area contributed by atoms with E-state index in [2.05, 4.69) is 32.1 Å². The van der Waals surface area contributed by atoms with Crippen LogP contribution < -0.4 is 4.90 Å². The molecule has 1 saturated carbocycles. The Morgan fingerprint density at radius 1 is 1.06 bits per heavy atom. The van der Waals surface area contributed by atoms with Crippen molar-refractivity contribution in [1.82, 2.24) is 19.6 Å². The maximum atomic E-state index is 12.8. The Bertz CT molecular complexity index is 1360. The van der Waals surface area contributed by atoms with Gasteiger partial charge in [0.2, 0.25) is 0 Å². The predicted octanol–water partition coefficient (Wildman–Crippen LogP) is 2.32. The van der Waals surface area contributed by atoms with Gasteiger partial charge in [0.05, 0.1) is 41.5 Å². The molecule has 0 amide bonds. The van der Waals surface area contributed by atoms with Crippen molar-refractivity contribution < 1.29 is 13.2 Å². The Balaban J connectivity index is 1.36. The zero-order valence-electron chi connectivity index (χ0n) is 18.1. The molecule has 170 valence electrons. The second-order valence-corrected chi connectivity index (χ2v) is 11.6. The van der Waals surface area contributed by atoms with Gasteiger partial charge in [0.15, 0.2) is 15.7 Å². The molecule has 0 bridgehead atoms. The van der Waals surface area contributed by atoms with Crippen LogP contribution in [0.25, 0.3) is 16.9 Å². The van der Waals surface area contributed by atoms with Gasteiger partial charge in [-0.2, -0.15) is 10.4 Å². The summed E-state index contributed by atoms with van der Waals surface area (Å²) in [5, 5.41) is 13.2. The fourth-order valence-electron chi connectivity index (χ4n) is 4.89. The van der Waals surface area contributed by atoms with Crippen LogP contribution in [-0.4, -0.2) is 64.8 Å². The van der Waals surface area contributed by atoms with Gasteiger partial charge in [0, 0.05) is 19.3 Å². The number of rotatable bonds is 5. The highest BCUT2D eigenvalue weighted by atomic mass is 32.2. The maximum absolute atomic E-state index is 12.8. The van der Waals surface area contributed by atoms with Crippen LogP contribution in [0.3, 0.4) is 0 Å². The summed E-state index contributed by atoms with van der Waals surface area (Å²) < 4.78 is 32.7. The van der Waals surface area contributed by atoms with E-state index in [9.17, 15) is 13.7 Å². The molecule has 1 aliphatic carbocycles. The van der Waals surface area contributed by atoms with Gasteiger partial charge in [-0.1, -0.05) is 0 Å². The largest absolute Gasteiger partial charge is 0.379 e. The van der Waals surface area contributed by atoms with Crippen LogP contribution in [0.15, 0.2) is 30.7 Å². The summed E-state index contributed by atoms with van der Waals surface area (Å²) in [5.74, 6) is 1.31. The van der Waals surface area contributed by atoms with E-state index >= 15 is 0 Å². The lowest BCUT2D eigenvalue weighted by molar-refractivity contribution is 0.0411. The molecule has 5 heterocycles. The van der Waals surface area contributed by atoms with Gasteiger partial charge < -0.3 is 9.64 Å². The lowest BCUT2D eigenvalue weighted by atomic mass is 10.1. The van der Waals surface area contributed by atoms with Crippen molar-refractivity contribution in [1.29, 1.82) is 5.26 Å². The van der Waals surface area contributed by atoms with Crippen LogP contribution in [-0.2, 0) is 14.6 Å². The molecule has 0 atom stereocenters. The standard InChI is InChI=1S/C23H24N6O3S/c24-11-15-3-6-25-20(9-15)21-10-19(16-1-2-16)22-23(26-14-27-29(21)22)28-7-4-17(5-8-28)33(30,31)18-12-32-13-18/h3,6,9-10,14,16-18H,1-2,4-5,7-8,12-13H2. The number of nitrogens with zero attached hydrogens (tertiary/aromatic N) is 6. The van der Waals surface area contributed by atoms with Crippen molar-refractivity contribution in [2.75, 3.05) is 31.2 Å². The highest BCUT2D eigenvalue weighted by molar-refractivity contribution is 7.92. The van der Waals surface area contributed by atoms with E-state index in [1.165, 1.54) is 5.56 Å². The fourth-order valence-corrected chi connectivity index (χ4v) is 6.87. The van der Waals surface area contributed by atoms with E-state index in [0.717, 1.165) is 29.9 Å². The molecular formula is C23H24N6O3S. The van der Waals surface area contributed by atoms with Gasteiger partial charge in [0.1, 0.15) is 17.1 Å². The van der Waals surface area contributed by atoms with Crippen molar-refractivity contribution in [2.45, 2.75) is 42.1 Å². The van der Waals surface area contributed by atoms with Crippen molar-refractivity contribution in [2.24, 2.45) is 0 Å². The number of anilines is 1. The number of hydrogen-bond acceptors (Lipinski definition) is 8. The molecule has 33 heavy (non-hydrogen) atoms. The molecule has 3 fully saturated rings. The minimum absolute atomic E-state index is 0.316. The molecule has 0 radical (unpaired) electrons. The maximum Gasteiger partial charge on any atom is 0.160 e. The Morgan fingerprint density at radius 2 is 1.85 bits per heavy atom. The summed E-state index contributed by atoms with van der Waals surface area (Å²) in [4.78, 5) is 11.3. The van der Waals surface area contributed by atoms with Crippen LogP contribution in [0, 0.1) is 11.3 Å². The normalized spacial score (nSPS) is 20.0. The smallest absolute Gasteiger partial charge is 0.160 e. The third kappa shape index (κ3) is 3.47. The first-order valence-corrected chi connectivity index (χ1v) is 13.0. The summed E-state index contributed by atoms with van der Waals surface area (Å²) in [7, 11) is -3.15. The van der Waals surface area contributed by atoms with Gasteiger partial charge in [-0.3, -0.25) is 4.98 Å². The van der Waals surface area contributed by atoms with E-state index < -0.39 is 9.84 Å². The summed E-state index contributed by atoms with van der Waals surface area (Å²) in [6.45, 7) is 1.93. The second kappa shape index (κ2) is 7.78. The molecule has 2 saturated heterocycles. The van der Waals surface area contributed by atoms with E-state index in [-0.39, 0.29) is 10.5 Å². The number of nitriles is 1. The van der Waals surface area contributed by atoms with Crippen LogP contribution in [0.2, 0.25) is 0 Å². The van der Waals surface area contributed by atoms with Crippen molar-refractivity contribution >= 4 is 21.2 Å². The highest BCUT2D eigenvalue weighted by Gasteiger charge is 2.40. The second-order valence-electron chi connectivity index (χ2n) is 9.08. The van der Waals surface area contributed by atoms with Crippen molar-refractivity contribution in [3.63, 3.8) is 0 Å². The lowest BCUT2D eigenvalue weighted by Crippen LogP contribution is -2.49. The molecule has 0 spiro atoms. The molecule has 0 N–H and O–H groups in total. The summed E-state index contributed by atoms with van der Waals surface area (Å²) in [6.07, 6.45) is 6.63. The Labute approximate surface area is 191 Å². The summed E-state index contributed by atoms with van der Waals surface area (Å²) in [6, 6.07) is 7.77. The van der Waals surface area contributed by atoms with Crippen molar-refractivity contribution in [3.05, 3.63) is 41.9 Å². The zero-order valence-corrected chi connectivity index (χ0v) is 18.9. The Morgan fingerprint density at radius 3 is 2.52 bits per heavy atom. The minimum Gasteiger partial charge on any atom is -0.379 e. The zero-order chi connectivity index (χ0) is 22.6. The first-order valence-electron chi connectivity index (χ1n) is 11.3. The topological polar surface area (TPSA) is 113 Å². The third-order valence-electron chi connectivity index (χ3n) is 7.01. The van der Waals surface area contributed by atoms with E-state index in [1.54, 1.807) is 24.7 Å². The van der Waals surface area contributed by atoms with Gasteiger partial charge in [-0.25, -0.2) is 17.9 Å². The van der Waals surface area contributed by atoms with E-state index in [4.69, 9.17) is 4.74 Å². The molecule has 10 heteroatoms. The van der Waals surface area contributed by atoms with E-state index in [1.807, 2.05) is 4.52 Å². The van der Waals surface area contributed by atoms with Crippen LogP contribution >= 0.6 is 0 Å². The molecule has 9 nitrogen and oxygen atoms in total. The van der Waals surface area contributed by atoms with Crippen LogP contribution in [0.4, 0.5) is 5.82 Å². The Kier molecular flexibility index (Phi) is 4.85. The van der Waals surface area contributed by atoms with Gasteiger partial charge in [-0.15, -0.1) is 0 Å². The van der Waals surface area contributed by atoms with E-state index in [0.29, 0.717) is 56.3 Å². The molecule has 3 aliphatic rings. The average molecular weight is 465 g/mol. The lowest BCUT2D eigenvalue weighted by Gasteiger charge is -2.36. The van der Waals surface area contributed by atoms with Gasteiger partial charge in [-0.05, 0) is 55.4 Å². The number of ether oxygens (including phenoxy) is 1. The number of hydrogen-bond donors (Lipinski definition) is 0. The highest BCUT2D eigenvalue weighted by Crippen LogP contribution is 2.46. The third-order valence-corrected chi connectivity index (χ3v) is 9.61. The number of pyridine rings is 1. The molecule has 0 aromatic carbocycles. The first-order chi connectivity index (χ1) is 16.1. The monoisotopic (exact) mass is 464 g/mol. The molecule has 2 aliphatic heterocycles. The molecule has 3 aromatic heterocycles. The average Bonchev–Trinajstić information content (AvgIpc) is 3.57. The SMILES string of the molecule is N#Cc1ccnc(-c2cc(C3CC3)c3c(N4CCC(S(=O)(=O)C5COC5)CC4)ncnn23)c1. The molecule has 0 unspecified atom stereocenters. The molecule has 3 aromatic rings. The fraction of sp³-hybridized carbons (Fsp3) is 0.478. The van der Waals surface area contributed by atoms with Crippen LogP contribution in [0.5, 0.6) is 0 Å². The minimum atomic E-state index is -3.15. The Hall–Kier alpha value is -3.03. The number of sulfone groups is 1. The van der Waals surface area contributed by atoms with Crippen molar-refractivity contribution in [3.8, 4) is 17.5 Å².